The van der Waals surface area contributed by atoms with Crippen molar-refractivity contribution in [3.63, 3.8) is 0 Å². The van der Waals surface area contributed by atoms with Crippen LogP contribution in [0, 0.1) is 0 Å². The fourth-order valence-electron chi connectivity index (χ4n) is 2.05. The fourth-order valence-corrected chi connectivity index (χ4v) is 2.05. The standard InChI is InChI=1S/C17H14F3NO3/c1-11(9-13-10-21-8-7-15(13)16(22)23-2)12-3-5-14(6-4-12)24-17(18,19)20/h3-10H,1-2H3. The lowest BCUT2D eigenvalue weighted by Gasteiger charge is -2.10. The van der Waals surface area contributed by atoms with Gasteiger partial charge in [0.05, 0.1) is 12.7 Å². The second kappa shape index (κ2) is 7.16. The van der Waals surface area contributed by atoms with Gasteiger partial charge in [0.1, 0.15) is 5.75 Å². The van der Waals surface area contributed by atoms with Crippen LogP contribution in [0.1, 0.15) is 28.4 Å². The number of alkyl halides is 3. The molecule has 0 fully saturated rings. The average Bonchev–Trinajstić information content (AvgIpc) is 2.53. The van der Waals surface area contributed by atoms with Crippen LogP contribution in [0.3, 0.4) is 0 Å². The van der Waals surface area contributed by atoms with Crippen LogP contribution in [0.5, 0.6) is 5.75 Å². The number of hydrogen-bond donors (Lipinski definition) is 0. The van der Waals surface area contributed by atoms with Crippen LogP contribution in [-0.4, -0.2) is 24.4 Å². The van der Waals surface area contributed by atoms with Crippen LogP contribution in [0.4, 0.5) is 13.2 Å². The highest BCUT2D eigenvalue weighted by Crippen LogP contribution is 2.26. The number of allylic oxidation sites excluding steroid dienone is 1. The Morgan fingerprint density at radius 2 is 1.83 bits per heavy atom. The molecule has 24 heavy (non-hydrogen) atoms. The Kier molecular flexibility index (Phi) is 5.23. The van der Waals surface area contributed by atoms with Gasteiger partial charge < -0.3 is 9.47 Å². The van der Waals surface area contributed by atoms with E-state index < -0.39 is 12.3 Å². The van der Waals surface area contributed by atoms with E-state index in [1.54, 1.807) is 13.0 Å². The Labute approximate surface area is 136 Å². The first-order chi connectivity index (χ1) is 11.3. The number of halogens is 3. The molecule has 0 saturated heterocycles. The van der Waals surface area contributed by atoms with Crippen molar-refractivity contribution in [1.82, 2.24) is 4.98 Å². The maximum Gasteiger partial charge on any atom is 0.573 e. The van der Waals surface area contributed by atoms with Gasteiger partial charge in [0.25, 0.3) is 0 Å². The lowest BCUT2D eigenvalue weighted by Crippen LogP contribution is -2.16. The van der Waals surface area contributed by atoms with Gasteiger partial charge >= 0.3 is 12.3 Å². The minimum Gasteiger partial charge on any atom is -0.465 e. The van der Waals surface area contributed by atoms with E-state index in [0.29, 0.717) is 16.7 Å². The molecule has 0 bridgehead atoms. The highest BCUT2D eigenvalue weighted by molar-refractivity contribution is 5.95. The molecule has 0 aliphatic carbocycles. The van der Waals surface area contributed by atoms with Crippen molar-refractivity contribution >= 4 is 17.6 Å². The molecular weight excluding hydrogens is 323 g/mol. The van der Waals surface area contributed by atoms with Crippen molar-refractivity contribution in [1.29, 1.82) is 0 Å². The van der Waals surface area contributed by atoms with Gasteiger partial charge in [-0.3, -0.25) is 4.98 Å². The first-order valence-electron chi connectivity index (χ1n) is 6.87. The van der Waals surface area contributed by atoms with Gasteiger partial charge in [0.15, 0.2) is 0 Å². The highest BCUT2D eigenvalue weighted by atomic mass is 19.4. The Morgan fingerprint density at radius 3 is 2.42 bits per heavy atom. The molecule has 0 saturated carbocycles. The van der Waals surface area contributed by atoms with Crippen molar-refractivity contribution in [2.45, 2.75) is 13.3 Å². The van der Waals surface area contributed by atoms with E-state index >= 15 is 0 Å². The number of rotatable bonds is 4. The maximum atomic E-state index is 12.2. The number of esters is 1. The van der Waals surface area contributed by atoms with Crippen molar-refractivity contribution in [2.75, 3.05) is 7.11 Å². The Balaban J connectivity index is 2.27. The van der Waals surface area contributed by atoms with Crippen LogP contribution in [0.15, 0.2) is 42.7 Å². The van der Waals surface area contributed by atoms with E-state index in [0.717, 1.165) is 5.57 Å². The molecule has 1 aromatic carbocycles. The van der Waals surface area contributed by atoms with E-state index in [1.807, 2.05) is 0 Å². The smallest absolute Gasteiger partial charge is 0.465 e. The van der Waals surface area contributed by atoms with Gasteiger partial charge in [0, 0.05) is 18.0 Å². The fraction of sp³-hybridized carbons (Fsp3) is 0.176. The second-order valence-corrected chi connectivity index (χ2v) is 4.85. The molecule has 126 valence electrons. The molecule has 0 atom stereocenters. The number of benzene rings is 1. The summed E-state index contributed by atoms with van der Waals surface area (Å²) in [4.78, 5) is 15.7. The summed E-state index contributed by atoms with van der Waals surface area (Å²) in [5.41, 5.74) is 2.33. The average molecular weight is 337 g/mol. The van der Waals surface area contributed by atoms with E-state index in [4.69, 9.17) is 4.74 Å². The second-order valence-electron chi connectivity index (χ2n) is 4.85. The molecule has 0 radical (unpaired) electrons. The van der Waals surface area contributed by atoms with E-state index in [-0.39, 0.29) is 5.75 Å². The van der Waals surface area contributed by atoms with Crippen molar-refractivity contribution in [3.05, 3.63) is 59.4 Å². The summed E-state index contributed by atoms with van der Waals surface area (Å²) in [6, 6.07) is 6.99. The lowest BCUT2D eigenvalue weighted by atomic mass is 10.0. The van der Waals surface area contributed by atoms with Gasteiger partial charge in [-0.1, -0.05) is 12.1 Å². The van der Waals surface area contributed by atoms with Crippen LogP contribution in [0.2, 0.25) is 0 Å². The Morgan fingerprint density at radius 1 is 1.17 bits per heavy atom. The van der Waals surface area contributed by atoms with Crippen LogP contribution in [0.25, 0.3) is 11.6 Å². The molecule has 0 aliphatic heterocycles. The molecule has 0 N–H and O–H groups in total. The predicted octanol–water partition coefficient (Wildman–Crippen LogP) is 4.33. The molecular formula is C17H14F3NO3. The third kappa shape index (κ3) is 4.58. The van der Waals surface area contributed by atoms with Crippen molar-refractivity contribution < 1.29 is 27.4 Å². The normalized spacial score (nSPS) is 12.0. The zero-order chi connectivity index (χ0) is 17.7. The number of aromatic nitrogens is 1. The molecule has 0 unspecified atom stereocenters. The van der Waals surface area contributed by atoms with Crippen LogP contribution >= 0.6 is 0 Å². The summed E-state index contributed by atoms with van der Waals surface area (Å²) in [5.74, 6) is -0.791. The number of methoxy groups -OCH3 is 1. The highest BCUT2D eigenvalue weighted by Gasteiger charge is 2.30. The minimum absolute atomic E-state index is 0.296. The Hall–Kier alpha value is -2.83. The molecule has 4 nitrogen and oxygen atoms in total. The number of pyridine rings is 1. The van der Waals surface area contributed by atoms with E-state index in [1.165, 1.54) is 49.8 Å². The number of hydrogen-bond acceptors (Lipinski definition) is 4. The van der Waals surface area contributed by atoms with Gasteiger partial charge in [0.2, 0.25) is 0 Å². The molecule has 0 spiro atoms. The maximum absolute atomic E-state index is 12.2. The number of carbonyl (C=O) groups is 1. The number of nitrogens with zero attached hydrogens (tertiary/aromatic N) is 1. The third-order valence-electron chi connectivity index (χ3n) is 3.17. The lowest BCUT2D eigenvalue weighted by molar-refractivity contribution is -0.274. The monoisotopic (exact) mass is 337 g/mol. The summed E-state index contributed by atoms with van der Waals surface area (Å²) in [6.07, 6.45) is -0.0323. The zero-order valence-electron chi connectivity index (χ0n) is 12.9. The molecule has 7 heteroatoms. The van der Waals surface area contributed by atoms with E-state index in [2.05, 4.69) is 9.72 Å². The van der Waals surface area contributed by atoms with Gasteiger partial charge in [-0.2, -0.15) is 0 Å². The minimum atomic E-state index is -4.72. The summed E-state index contributed by atoms with van der Waals surface area (Å²) in [6.45, 7) is 1.77. The molecule has 0 amide bonds. The number of carbonyl (C=O) groups excluding carboxylic acids is 1. The largest absolute Gasteiger partial charge is 0.573 e. The predicted molar refractivity (Wildman–Crippen MR) is 82.2 cm³/mol. The van der Waals surface area contributed by atoms with Crippen molar-refractivity contribution in [3.8, 4) is 5.75 Å². The topological polar surface area (TPSA) is 48.4 Å². The zero-order valence-corrected chi connectivity index (χ0v) is 12.9. The van der Waals surface area contributed by atoms with Crippen LogP contribution in [-0.2, 0) is 4.74 Å². The van der Waals surface area contributed by atoms with Gasteiger partial charge in [-0.05, 0) is 42.3 Å². The first kappa shape index (κ1) is 17.5. The molecule has 2 aromatic rings. The van der Waals surface area contributed by atoms with Crippen LogP contribution < -0.4 is 4.74 Å². The molecule has 1 heterocycles. The summed E-state index contributed by atoms with van der Waals surface area (Å²) < 4.78 is 45.0. The molecule has 0 aliphatic rings. The number of ether oxygens (including phenoxy) is 2. The SMILES string of the molecule is COC(=O)c1ccncc1C=C(C)c1ccc(OC(F)(F)F)cc1. The summed E-state index contributed by atoms with van der Waals surface area (Å²) in [7, 11) is 1.28. The Bertz CT molecular complexity index is 752. The summed E-state index contributed by atoms with van der Waals surface area (Å²) in [5, 5.41) is 0. The molecule has 2 rings (SSSR count). The third-order valence-corrected chi connectivity index (χ3v) is 3.17. The van der Waals surface area contributed by atoms with E-state index in [9.17, 15) is 18.0 Å². The van der Waals surface area contributed by atoms with Gasteiger partial charge in [-0.25, -0.2) is 4.79 Å². The van der Waals surface area contributed by atoms with Crippen molar-refractivity contribution in [2.24, 2.45) is 0 Å². The summed E-state index contributed by atoms with van der Waals surface area (Å²) >= 11 is 0. The quantitative estimate of drug-likeness (QED) is 0.779. The van der Waals surface area contributed by atoms with Gasteiger partial charge in [-0.15, -0.1) is 13.2 Å². The molecule has 1 aromatic heterocycles. The first-order valence-corrected chi connectivity index (χ1v) is 6.87.